The van der Waals surface area contributed by atoms with Gasteiger partial charge in [-0.25, -0.2) is 0 Å². The number of halogens is 1. The Morgan fingerprint density at radius 1 is 1.20 bits per heavy atom. The number of ether oxygens (including phenoxy) is 1. The maximum absolute atomic E-state index is 12.4. The zero-order valence-corrected chi connectivity index (χ0v) is 15.1. The van der Waals surface area contributed by atoms with Crippen LogP contribution in [0.15, 0.2) is 48.5 Å². The maximum Gasteiger partial charge on any atom is 0.313 e. The van der Waals surface area contributed by atoms with Gasteiger partial charge in [0.05, 0.1) is 12.9 Å². The second-order valence-corrected chi connectivity index (χ2v) is 6.58. The van der Waals surface area contributed by atoms with Crippen LogP contribution >= 0.6 is 23.4 Å². The number of methoxy groups -OCH3 is 1. The van der Waals surface area contributed by atoms with E-state index in [4.69, 9.17) is 21.4 Å². The van der Waals surface area contributed by atoms with Gasteiger partial charge in [-0.1, -0.05) is 29.8 Å². The quantitative estimate of drug-likeness (QED) is 0.540. The first-order chi connectivity index (χ1) is 12.0. The number of thioether (sulfide) groups is 1. The standard InChI is InChI=1S/C19H17ClO4S/c1-24-18-9-5-14(10-15(18)11-25-12-19(22)23)17(21)8-4-13-2-6-16(20)7-3-13/h2-10H,11-12H2,1H3,(H,22,23)/b8-4+. The van der Waals surface area contributed by atoms with E-state index >= 15 is 0 Å². The van der Waals surface area contributed by atoms with E-state index in [0.717, 1.165) is 11.1 Å². The molecule has 25 heavy (non-hydrogen) atoms. The first-order valence-corrected chi connectivity index (χ1v) is 8.97. The van der Waals surface area contributed by atoms with Crippen molar-refractivity contribution in [1.29, 1.82) is 0 Å². The highest BCUT2D eigenvalue weighted by atomic mass is 35.5. The molecule has 2 rings (SSSR count). The Kier molecular flexibility index (Phi) is 7.10. The number of hydrogen-bond donors (Lipinski definition) is 1. The van der Waals surface area contributed by atoms with Gasteiger partial charge >= 0.3 is 5.97 Å². The molecule has 1 N–H and O–H groups in total. The molecule has 0 bridgehead atoms. The van der Waals surface area contributed by atoms with E-state index in [0.29, 0.717) is 22.1 Å². The largest absolute Gasteiger partial charge is 0.496 e. The molecule has 0 aliphatic heterocycles. The number of carbonyl (C=O) groups is 2. The average molecular weight is 377 g/mol. The molecule has 2 aromatic rings. The highest BCUT2D eigenvalue weighted by molar-refractivity contribution is 7.99. The van der Waals surface area contributed by atoms with Gasteiger partial charge in [0.2, 0.25) is 0 Å². The number of carboxylic acids is 1. The Hall–Kier alpha value is -2.24. The highest BCUT2D eigenvalue weighted by Gasteiger charge is 2.09. The predicted octanol–water partition coefficient (Wildman–Crippen LogP) is 4.56. The van der Waals surface area contributed by atoms with Crippen molar-refractivity contribution >= 4 is 41.2 Å². The number of hydrogen-bond acceptors (Lipinski definition) is 4. The van der Waals surface area contributed by atoms with Crippen molar-refractivity contribution in [1.82, 2.24) is 0 Å². The molecule has 0 saturated heterocycles. The van der Waals surface area contributed by atoms with Crippen LogP contribution in [0.4, 0.5) is 0 Å². The van der Waals surface area contributed by atoms with Crippen LogP contribution in [0.2, 0.25) is 5.02 Å². The molecular weight excluding hydrogens is 360 g/mol. The van der Waals surface area contributed by atoms with Gasteiger partial charge in [0, 0.05) is 21.9 Å². The van der Waals surface area contributed by atoms with Gasteiger partial charge in [-0.2, -0.15) is 0 Å². The lowest BCUT2D eigenvalue weighted by Gasteiger charge is -2.09. The summed E-state index contributed by atoms with van der Waals surface area (Å²) in [5, 5.41) is 9.37. The summed E-state index contributed by atoms with van der Waals surface area (Å²) >= 11 is 7.09. The van der Waals surface area contributed by atoms with Crippen LogP contribution in [0.5, 0.6) is 5.75 Å². The van der Waals surface area contributed by atoms with Crippen LogP contribution in [0, 0.1) is 0 Å². The van der Waals surface area contributed by atoms with E-state index < -0.39 is 5.97 Å². The van der Waals surface area contributed by atoms with Gasteiger partial charge < -0.3 is 9.84 Å². The molecule has 0 spiro atoms. The molecule has 130 valence electrons. The fourth-order valence-electron chi connectivity index (χ4n) is 2.13. The fourth-order valence-corrected chi connectivity index (χ4v) is 2.98. The van der Waals surface area contributed by atoms with Crippen LogP contribution in [0.25, 0.3) is 6.08 Å². The number of benzene rings is 2. The van der Waals surface area contributed by atoms with Gasteiger partial charge in [-0.15, -0.1) is 11.8 Å². The minimum Gasteiger partial charge on any atom is -0.496 e. The van der Waals surface area contributed by atoms with Crippen molar-refractivity contribution in [3.05, 3.63) is 70.3 Å². The predicted molar refractivity (Wildman–Crippen MR) is 102 cm³/mol. The van der Waals surface area contributed by atoms with Crippen molar-refractivity contribution in [2.45, 2.75) is 5.75 Å². The molecule has 2 aromatic carbocycles. The summed E-state index contributed by atoms with van der Waals surface area (Å²) in [6.07, 6.45) is 3.22. The van der Waals surface area contributed by atoms with Crippen LogP contribution in [-0.2, 0) is 10.5 Å². The molecule has 0 heterocycles. The number of carboxylic acid groups (broad SMARTS) is 1. The van der Waals surface area contributed by atoms with E-state index in [2.05, 4.69) is 0 Å². The van der Waals surface area contributed by atoms with Crippen molar-refractivity contribution in [3.63, 3.8) is 0 Å². The molecule has 0 aromatic heterocycles. The molecule has 0 fully saturated rings. The summed E-state index contributed by atoms with van der Waals surface area (Å²) in [6, 6.07) is 12.3. The zero-order chi connectivity index (χ0) is 18.2. The van der Waals surface area contributed by atoms with Crippen LogP contribution in [-0.4, -0.2) is 29.7 Å². The number of ketones is 1. The summed E-state index contributed by atoms with van der Waals surface area (Å²) in [4.78, 5) is 23.0. The summed E-state index contributed by atoms with van der Waals surface area (Å²) in [6.45, 7) is 0. The number of rotatable bonds is 8. The Balaban J connectivity index is 2.13. The molecule has 4 nitrogen and oxygen atoms in total. The molecule has 0 amide bonds. The SMILES string of the molecule is COc1ccc(C(=O)/C=C/c2ccc(Cl)cc2)cc1CSCC(=O)O. The van der Waals surface area contributed by atoms with Gasteiger partial charge in [0.25, 0.3) is 0 Å². The van der Waals surface area contributed by atoms with Crippen LogP contribution in [0.3, 0.4) is 0 Å². The maximum atomic E-state index is 12.4. The lowest BCUT2D eigenvalue weighted by molar-refractivity contribution is -0.133. The van der Waals surface area contributed by atoms with E-state index in [1.807, 2.05) is 12.1 Å². The van der Waals surface area contributed by atoms with Gasteiger partial charge in [0.1, 0.15) is 5.75 Å². The smallest absolute Gasteiger partial charge is 0.313 e. The van der Waals surface area contributed by atoms with E-state index in [-0.39, 0.29) is 11.5 Å². The summed E-state index contributed by atoms with van der Waals surface area (Å²) in [5.74, 6) is 0.0789. The Morgan fingerprint density at radius 2 is 1.92 bits per heavy atom. The summed E-state index contributed by atoms with van der Waals surface area (Å²) in [7, 11) is 1.54. The first kappa shape index (κ1) is 19.1. The van der Waals surface area contributed by atoms with E-state index in [1.54, 1.807) is 43.5 Å². The van der Waals surface area contributed by atoms with Crippen molar-refractivity contribution < 1.29 is 19.4 Å². The molecule has 0 saturated carbocycles. The first-order valence-electron chi connectivity index (χ1n) is 7.44. The minimum absolute atomic E-state index is 0.00218. The molecule has 0 unspecified atom stereocenters. The van der Waals surface area contributed by atoms with Crippen molar-refractivity contribution in [2.24, 2.45) is 0 Å². The third-order valence-corrected chi connectivity index (χ3v) is 4.56. The van der Waals surface area contributed by atoms with Gasteiger partial charge in [-0.3, -0.25) is 9.59 Å². The minimum atomic E-state index is -0.873. The summed E-state index contributed by atoms with van der Waals surface area (Å²) in [5.41, 5.74) is 2.19. The Bertz CT molecular complexity index is 785. The molecular formula is C19H17ClO4S. The summed E-state index contributed by atoms with van der Waals surface area (Å²) < 4.78 is 5.28. The lowest BCUT2D eigenvalue weighted by Crippen LogP contribution is -2.01. The van der Waals surface area contributed by atoms with E-state index in [1.165, 1.54) is 17.8 Å². The molecule has 6 heteroatoms. The second kappa shape index (κ2) is 9.30. The molecule has 0 aliphatic carbocycles. The monoisotopic (exact) mass is 376 g/mol. The third kappa shape index (κ3) is 5.96. The van der Waals surface area contributed by atoms with Gasteiger partial charge in [-0.05, 0) is 42.0 Å². The van der Waals surface area contributed by atoms with Crippen molar-refractivity contribution in [3.8, 4) is 5.75 Å². The zero-order valence-electron chi connectivity index (χ0n) is 13.6. The molecule has 0 aliphatic rings. The second-order valence-electron chi connectivity index (χ2n) is 5.16. The Morgan fingerprint density at radius 3 is 2.56 bits per heavy atom. The Labute approximate surface area is 155 Å². The van der Waals surface area contributed by atoms with Crippen LogP contribution < -0.4 is 4.74 Å². The van der Waals surface area contributed by atoms with E-state index in [9.17, 15) is 9.59 Å². The van der Waals surface area contributed by atoms with Crippen molar-refractivity contribution in [2.75, 3.05) is 12.9 Å². The topological polar surface area (TPSA) is 63.6 Å². The number of carbonyl (C=O) groups excluding carboxylic acids is 1. The third-order valence-electron chi connectivity index (χ3n) is 3.35. The number of aliphatic carboxylic acids is 1. The highest BCUT2D eigenvalue weighted by Crippen LogP contribution is 2.25. The van der Waals surface area contributed by atoms with Gasteiger partial charge in [0.15, 0.2) is 5.78 Å². The molecule has 0 atom stereocenters. The molecule has 0 radical (unpaired) electrons. The average Bonchev–Trinajstić information content (AvgIpc) is 2.60. The van der Waals surface area contributed by atoms with Crippen LogP contribution in [0.1, 0.15) is 21.5 Å². The fraction of sp³-hybridized carbons (Fsp3) is 0.158. The normalized spacial score (nSPS) is 10.8. The number of allylic oxidation sites excluding steroid dienone is 1. The lowest BCUT2D eigenvalue weighted by atomic mass is 10.1.